The number of thiazole rings is 1. The molecule has 3 rings (SSSR count). The van der Waals surface area contributed by atoms with Crippen molar-refractivity contribution in [2.24, 2.45) is 5.73 Å². The number of ether oxygens (including phenoxy) is 1. The molecule has 2 N–H and O–H groups in total. The lowest BCUT2D eigenvalue weighted by Crippen LogP contribution is -2.13. The SMILES string of the molecule is CC(C)Oc1ccc(C(N)=O)cc1Cc1nc(-c2cccnc2)cs1. The smallest absolute Gasteiger partial charge is 0.248 e. The maximum absolute atomic E-state index is 11.5. The van der Waals surface area contributed by atoms with Crippen LogP contribution in [0, 0.1) is 0 Å². The van der Waals surface area contributed by atoms with Crippen LogP contribution in [0.4, 0.5) is 0 Å². The van der Waals surface area contributed by atoms with Crippen LogP contribution in [-0.4, -0.2) is 22.0 Å². The minimum absolute atomic E-state index is 0.0421. The van der Waals surface area contributed by atoms with Crippen LogP contribution in [0.2, 0.25) is 0 Å². The molecule has 2 aromatic heterocycles. The molecule has 0 saturated carbocycles. The van der Waals surface area contributed by atoms with Crippen LogP contribution in [0.3, 0.4) is 0 Å². The Balaban J connectivity index is 1.90. The number of nitrogens with zero attached hydrogens (tertiary/aromatic N) is 2. The number of rotatable bonds is 6. The fourth-order valence-corrected chi connectivity index (χ4v) is 3.27. The molecule has 0 saturated heterocycles. The molecule has 0 radical (unpaired) electrons. The van der Waals surface area contributed by atoms with E-state index in [0.29, 0.717) is 12.0 Å². The van der Waals surface area contributed by atoms with Gasteiger partial charge in [-0.1, -0.05) is 0 Å². The first-order valence-electron chi connectivity index (χ1n) is 7.97. The first kappa shape index (κ1) is 17.1. The van der Waals surface area contributed by atoms with E-state index in [1.807, 2.05) is 31.4 Å². The Kier molecular flexibility index (Phi) is 5.09. The summed E-state index contributed by atoms with van der Waals surface area (Å²) in [5.41, 5.74) is 8.65. The number of primary amides is 1. The van der Waals surface area contributed by atoms with Gasteiger partial charge in [0.15, 0.2) is 0 Å². The molecule has 2 heterocycles. The van der Waals surface area contributed by atoms with Crippen LogP contribution >= 0.6 is 11.3 Å². The highest BCUT2D eigenvalue weighted by atomic mass is 32.1. The van der Waals surface area contributed by atoms with Crippen molar-refractivity contribution in [3.63, 3.8) is 0 Å². The molecule has 25 heavy (non-hydrogen) atoms. The van der Waals surface area contributed by atoms with Crippen molar-refractivity contribution in [3.05, 3.63) is 64.2 Å². The molecule has 1 aromatic carbocycles. The number of hydrogen-bond donors (Lipinski definition) is 1. The molecule has 0 spiro atoms. The molecule has 0 unspecified atom stereocenters. The zero-order valence-electron chi connectivity index (χ0n) is 14.1. The zero-order valence-corrected chi connectivity index (χ0v) is 14.9. The number of amides is 1. The Hall–Kier alpha value is -2.73. The highest BCUT2D eigenvalue weighted by molar-refractivity contribution is 7.10. The Bertz CT molecular complexity index is 875. The molecule has 0 aliphatic heterocycles. The molecule has 5 nitrogen and oxygen atoms in total. The highest BCUT2D eigenvalue weighted by Gasteiger charge is 2.13. The van der Waals surface area contributed by atoms with Gasteiger partial charge >= 0.3 is 0 Å². The summed E-state index contributed by atoms with van der Waals surface area (Å²) in [7, 11) is 0. The van der Waals surface area contributed by atoms with Crippen molar-refractivity contribution < 1.29 is 9.53 Å². The predicted octanol–water partition coefficient (Wildman–Crippen LogP) is 3.68. The van der Waals surface area contributed by atoms with Crippen molar-refractivity contribution in [2.45, 2.75) is 26.4 Å². The van der Waals surface area contributed by atoms with E-state index in [9.17, 15) is 4.79 Å². The van der Waals surface area contributed by atoms with Gasteiger partial charge in [0.25, 0.3) is 0 Å². The number of carbonyl (C=O) groups excluding carboxylic acids is 1. The van der Waals surface area contributed by atoms with Gasteiger partial charge in [0, 0.05) is 40.9 Å². The minimum Gasteiger partial charge on any atom is -0.491 e. The standard InChI is InChI=1S/C19H19N3O2S/c1-12(2)24-17-6-5-13(19(20)23)8-15(17)9-18-22-16(11-25-18)14-4-3-7-21-10-14/h3-8,10-12H,9H2,1-2H3,(H2,20,23). The lowest BCUT2D eigenvalue weighted by Gasteiger charge is -2.14. The van der Waals surface area contributed by atoms with E-state index in [4.69, 9.17) is 10.5 Å². The Morgan fingerprint density at radius 2 is 2.16 bits per heavy atom. The van der Waals surface area contributed by atoms with Gasteiger partial charge in [-0.05, 0) is 44.2 Å². The normalized spacial score (nSPS) is 10.8. The number of nitrogens with two attached hydrogens (primary N) is 1. The van der Waals surface area contributed by atoms with Gasteiger partial charge in [-0.25, -0.2) is 4.98 Å². The fraction of sp³-hybridized carbons (Fsp3) is 0.211. The van der Waals surface area contributed by atoms with Gasteiger partial charge < -0.3 is 10.5 Å². The van der Waals surface area contributed by atoms with Gasteiger partial charge in [0.1, 0.15) is 5.75 Å². The summed E-state index contributed by atoms with van der Waals surface area (Å²) in [6.07, 6.45) is 4.15. The van der Waals surface area contributed by atoms with Crippen molar-refractivity contribution in [3.8, 4) is 17.0 Å². The van der Waals surface area contributed by atoms with Gasteiger partial charge in [0.05, 0.1) is 16.8 Å². The highest BCUT2D eigenvalue weighted by Crippen LogP contribution is 2.27. The van der Waals surface area contributed by atoms with Crippen LogP contribution in [0.25, 0.3) is 11.3 Å². The van der Waals surface area contributed by atoms with E-state index < -0.39 is 5.91 Å². The third-order valence-corrected chi connectivity index (χ3v) is 4.41. The molecule has 0 bridgehead atoms. The maximum Gasteiger partial charge on any atom is 0.248 e. The minimum atomic E-state index is -0.451. The zero-order chi connectivity index (χ0) is 17.8. The number of pyridine rings is 1. The summed E-state index contributed by atoms with van der Waals surface area (Å²) >= 11 is 1.57. The first-order valence-corrected chi connectivity index (χ1v) is 8.85. The van der Waals surface area contributed by atoms with Crippen molar-refractivity contribution in [1.82, 2.24) is 9.97 Å². The average Bonchev–Trinajstić information content (AvgIpc) is 3.05. The molecule has 128 valence electrons. The summed E-state index contributed by atoms with van der Waals surface area (Å²) in [6.45, 7) is 3.94. The average molecular weight is 353 g/mol. The van der Waals surface area contributed by atoms with Crippen LogP contribution in [0.1, 0.15) is 34.8 Å². The van der Waals surface area contributed by atoms with Gasteiger partial charge in [-0.2, -0.15) is 0 Å². The van der Waals surface area contributed by atoms with Gasteiger partial charge in [0.2, 0.25) is 5.91 Å². The van der Waals surface area contributed by atoms with Crippen LogP contribution in [0.15, 0.2) is 48.1 Å². The third kappa shape index (κ3) is 4.22. The number of hydrogen-bond acceptors (Lipinski definition) is 5. The lowest BCUT2D eigenvalue weighted by molar-refractivity contribution is 0.1000. The van der Waals surface area contributed by atoms with Crippen molar-refractivity contribution in [2.75, 3.05) is 0 Å². The second-order valence-electron chi connectivity index (χ2n) is 5.90. The molecule has 0 aliphatic carbocycles. The molecule has 1 amide bonds. The fourth-order valence-electron chi connectivity index (χ4n) is 2.44. The van der Waals surface area contributed by atoms with Crippen LogP contribution in [0.5, 0.6) is 5.75 Å². The molecule has 3 aromatic rings. The summed E-state index contributed by atoms with van der Waals surface area (Å²) in [6, 6.07) is 9.13. The molecular weight excluding hydrogens is 334 g/mol. The van der Waals surface area contributed by atoms with Crippen LogP contribution < -0.4 is 10.5 Å². The second-order valence-corrected chi connectivity index (χ2v) is 6.84. The van der Waals surface area contributed by atoms with E-state index in [-0.39, 0.29) is 6.10 Å². The van der Waals surface area contributed by atoms with Gasteiger partial charge in [-0.15, -0.1) is 11.3 Å². The third-order valence-electron chi connectivity index (χ3n) is 3.56. The van der Waals surface area contributed by atoms with E-state index in [0.717, 1.165) is 27.6 Å². The Morgan fingerprint density at radius 3 is 2.84 bits per heavy atom. The first-order chi connectivity index (χ1) is 12.0. The summed E-state index contributed by atoms with van der Waals surface area (Å²) in [5.74, 6) is 0.297. The van der Waals surface area contributed by atoms with Gasteiger partial charge in [-0.3, -0.25) is 9.78 Å². The Labute approximate surface area is 150 Å². The summed E-state index contributed by atoms with van der Waals surface area (Å²) in [4.78, 5) is 20.3. The second kappa shape index (κ2) is 7.44. The maximum atomic E-state index is 11.5. The molecule has 6 heteroatoms. The molecular formula is C19H19N3O2S. The van der Waals surface area contributed by atoms with E-state index in [1.54, 1.807) is 41.9 Å². The van der Waals surface area contributed by atoms with E-state index >= 15 is 0 Å². The number of aromatic nitrogens is 2. The number of benzene rings is 1. The largest absolute Gasteiger partial charge is 0.491 e. The molecule has 0 fully saturated rings. The van der Waals surface area contributed by atoms with E-state index in [1.165, 1.54) is 0 Å². The summed E-state index contributed by atoms with van der Waals surface area (Å²) in [5, 5.41) is 2.95. The molecule has 0 atom stereocenters. The van der Waals surface area contributed by atoms with Crippen molar-refractivity contribution in [1.29, 1.82) is 0 Å². The van der Waals surface area contributed by atoms with E-state index in [2.05, 4.69) is 9.97 Å². The predicted molar refractivity (Wildman–Crippen MR) is 98.9 cm³/mol. The number of carbonyl (C=O) groups is 1. The van der Waals surface area contributed by atoms with Crippen LogP contribution in [-0.2, 0) is 6.42 Å². The summed E-state index contributed by atoms with van der Waals surface area (Å²) < 4.78 is 5.86. The Morgan fingerprint density at radius 1 is 1.32 bits per heavy atom. The quantitative estimate of drug-likeness (QED) is 0.733. The monoisotopic (exact) mass is 353 g/mol. The van der Waals surface area contributed by atoms with Crippen molar-refractivity contribution >= 4 is 17.2 Å². The molecule has 0 aliphatic rings. The topological polar surface area (TPSA) is 78.1 Å². The lowest BCUT2D eigenvalue weighted by atomic mass is 10.1.